The summed E-state index contributed by atoms with van der Waals surface area (Å²) >= 11 is 0. The Kier molecular flexibility index (Phi) is 10.9. The van der Waals surface area contributed by atoms with E-state index in [1.807, 2.05) is 0 Å². The first kappa shape index (κ1) is 10.9. The molecule has 0 aromatic heterocycles. The second-order valence-electron chi connectivity index (χ2n) is 0.838. The fraction of sp³-hybridized carbons (Fsp3) is 0.250. The minimum Gasteiger partial charge on any atom is -0.478 e. The summed E-state index contributed by atoms with van der Waals surface area (Å²) in [5.74, 6) is -0.891. The summed E-state index contributed by atoms with van der Waals surface area (Å²) in [5, 5.41) is 7.83. The SMILES string of the molecule is CC=CC(=O)O.[Rb]. The summed E-state index contributed by atoms with van der Waals surface area (Å²) < 4.78 is 0. The molecule has 0 saturated carbocycles. The Bertz CT molecular complexity index is 77.8. The van der Waals surface area contributed by atoms with Crippen molar-refractivity contribution in [1.82, 2.24) is 0 Å². The number of carboxylic acids is 1. The van der Waals surface area contributed by atoms with Crippen LogP contribution < -0.4 is 0 Å². The van der Waals surface area contributed by atoms with E-state index in [1.54, 1.807) is 6.92 Å². The van der Waals surface area contributed by atoms with Crippen molar-refractivity contribution in [3.05, 3.63) is 12.2 Å². The van der Waals surface area contributed by atoms with Crippen molar-refractivity contribution in [3.63, 3.8) is 0 Å². The molecule has 0 bridgehead atoms. The van der Waals surface area contributed by atoms with Crippen LogP contribution in [-0.2, 0) is 4.79 Å². The van der Waals surface area contributed by atoms with Gasteiger partial charge in [0, 0.05) is 64.3 Å². The zero-order valence-electron chi connectivity index (χ0n) is 4.51. The van der Waals surface area contributed by atoms with E-state index in [0.29, 0.717) is 0 Å². The molecule has 0 fully saturated rings. The second-order valence-corrected chi connectivity index (χ2v) is 0.838. The number of allylic oxidation sites excluding steroid dienone is 1. The maximum Gasteiger partial charge on any atom is 0.327 e. The van der Waals surface area contributed by atoms with E-state index in [0.717, 1.165) is 6.08 Å². The third kappa shape index (κ3) is 10.9. The van der Waals surface area contributed by atoms with Gasteiger partial charge in [-0.15, -0.1) is 0 Å². The number of aliphatic carboxylic acids is 1. The molecule has 0 aromatic carbocycles. The smallest absolute Gasteiger partial charge is 0.327 e. The molecule has 0 amide bonds. The molecule has 0 aliphatic carbocycles. The van der Waals surface area contributed by atoms with Gasteiger partial charge in [-0.25, -0.2) is 4.79 Å². The van der Waals surface area contributed by atoms with Gasteiger partial charge in [0.2, 0.25) is 0 Å². The van der Waals surface area contributed by atoms with Crippen LogP contribution >= 0.6 is 0 Å². The molecular weight excluding hydrogens is 166 g/mol. The standard InChI is InChI=1S/C4H6O2.Rb/c1-2-3-4(5)6;/h2-3H,1H3,(H,5,6);. The molecule has 0 aliphatic heterocycles. The van der Waals surface area contributed by atoms with Crippen LogP contribution in [0.2, 0.25) is 0 Å². The van der Waals surface area contributed by atoms with Crippen LogP contribution in [-0.4, -0.2) is 69.3 Å². The fourth-order valence-electron chi connectivity index (χ4n) is 0.143. The van der Waals surface area contributed by atoms with E-state index >= 15 is 0 Å². The quantitative estimate of drug-likeness (QED) is 0.575. The van der Waals surface area contributed by atoms with Crippen LogP contribution in [0.4, 0.5) is 0 Å². The molecule has 35 valence electrons. The maximum absolute atomic E-state index is 9.51. The third-order valence-corrected chi connectivity index (χ3v) is 0.309. The Hall–Kier alpha value is 1.02. The first-order valence-electron chi connectivity index (χ1n) is 1.63. The van der Waals surface area contributed by atoms with Gasteiger partial charge in [0.05, 0.1) is 0 Å². The molecule has 0 spiro atoms. The van der Waals surface area contributed by atoms with Gasteiger partial charge in [-0.05, 0) is 6.92 Å². The van der Waals surface area contributed by atoms with Gasteiger partial charge >= 0.3 is 5.97 Å². The zero-order valence-corrected chi connectivity index (χ0v) is 9.43. The molecule has 0 rings (SSSR count). The summed E-state index contributed by atoms with van der Waals surface area (Å²) in [6.07, 6.45) is 2.56. The van der Waals surface area contributed by atoms with Gasteiger partial charge in [0.1, 0.15) is 0 Å². The van der Waals surface area contributed by atoms with E-state index in [4.69, 9.17) is 5.11 Å². The summed E-state index contributed by atoms with van der Waals surface area (Å²) in [6, 6.07) is 0. The van der Waals surface area contributed by atoms with E-state index in [2.05, 4.69) is 0 Å². The first-order valence-corrected chi connectivity index (χ1v) is 1.63. The molecule has 2 nitrogen and oxygen atoms in total. The van der Waals surface area contributed by atoms with Crippen molar-refractivity contribution in [2.45, 2.75) is 6.92 Å². The van der Waals surface area contributed by atoms with E-state index in [1.165, 1.54) is 6.08 Å². The number of hydrogen-bond donors (Lipinski definition) is 1. The summed E-state index contributed by atoms with van der Waals surface area (Å²) in [4.78, 5) is 9.51. The minimum atomic E-state index is -0.891. The number of hydrogen-bond acceptors (Lipinski definition) is 1. The zero-order chi connectivity index (χ0) is 4.99. The average Bonchev–Trinajstić information content (AvgIpc) is 1.35. The Morgan fingerprint density at radius 2 is 2.14 bits per heavy atom. The minimum absolute atomic E-state index is 0. The predicted molar refractivity (Wildman–Crippen MR) is 28.2 cm³/mol. The second kappa shape index (κ2) is 7.02. The van der Waals surface area contributed by atoms with Crippen LogP contribution in [0.5, 0.6) is 0 Å². The molecule has 0 atom stereocenters. The van der Waals surface area contributed by atoms with Gasteiger partial charge in [-0.2, -0.15) is 0 Å². The number of carboxylic acid groups (broad SMARTS) is 1. The van der Waals surface area contributed by atoms with Crippen molar-refractivity contribution < 1.29 is 9.90 Å². The summed E-state index contributed by atoms with van der Waals surface area (Å²) in [5.41, 5.74) is 0. The number of rotatable bonds is 1. The number of carbonyl (C=O) groups is 1. The van der Waals surface area contributed by atoms with E-state index < -0.39 is 5.97 Å². The van der Waals surface area contributed by atoms with Gasteiger partial charge in [0.25, 0.3) is 0 Å². The van der Waals surface area contributed by atoms with Crippen LogP contribution in [0.15, 0.2) is 12.2 Å². The largest absolute Gasteiger partial charge is 0.478 e. The van der Waals surface area contributed by atoms with Crippen molar-refractivity contribution in [3.8, 4) is 0 Å². The van der Waals surface area contributed by atoms with Crippen molar-refractivity contribution >= 4 is 64.2 Å². The molecule has 0 heterocycles. The molecular formula is C4H6O2Rb. The molecule has 1 N–H and O–H groups in total. The van der Waals surface area contributed by atoms with Crippen molar-refractivity contribution in [2.75, 3.05) is 0 Å². The molecule has 1 radical (unpaired) electrons. The topological polar surface area (TPSA) is 37.3 Å². The molecule has 0 unspecified atom stereocenters. The van der Waals surface area contributed by atoms with E-state index in [9.17, 15) is 4.79 Å². The maximum atomic E-state index is 9.51. The third-order valence-electron chi connectivity index (χ3n) is 0.309. The van der Waals surface area contributed by atoms with Crippen LogP contribution in [0.25, 0.3) is 0 Å². The van der Waals surface area contributed by atoms with Gasteiger partial charge in [0.15, 0.2) is 0 Å². The van der Waals surface area contributed by atoms with E-state index in [-0.39, 0.29) is 58.2 Å². The van der Waals surface area contributed by atoms with Crippen LogP contribution in [0, 0.1) is 0 Å². The summed E-state index contributed by atoms with van der Waals surface area (Å²) in [6.45, 7) is 1.66. The van der Waals surface area contributed by atoms with Crippen LogP contribution in [0.3, 0.4) is 0 Å². The summed E-state index contributed by atoms with van der Waals surface area (Å²) in [7, 11) is 0. The Balaban J connectivity index is 0. The molecule has 0 aliphatic rings. The monoisotopic (exact) mass is 171 g/mol. The molecule has 7 heavy (non-hydrogen) atoms. The Labute approximate surface area is 91.4 Å². The first-order chi connectivity index (χ1) is 2.77. The Morgan fingerprint density at radius 3 is 2.14 bits per heavy atom. The van der Waals surface area contributed by atoms with Gasteiger partial charge < -0.3 is 5.11 Å². The normalized spacial score (nSPS) is 8.14. The van der Waals surface area contributed by atoms with Crippen molar-refractivity contribution in [1.29, 1.82) is 0 Å². The van der Waals surface area contributed by atoms with Gasteiger partial charge in [-0.3, -0.25) is 0 Å². The molecule has 3 heteroatoms. The van der Waals surface area contributed by atoms with Crippen molar-refractivity contribution in [2.24, 2.45) is 0 Å². The molecule has 0 aromatic rings. The van der Waals surface area contributed by atoms with Crippen LogP contribution in [0.1, 0.15) is 6.92 Å². The van der Waals surface area contributed by atoms with Gasteiger partial charge in [-0.1, -0.05) is 6.08 Å². The average molecular weight is 172 g/mol. The molecule has 0 saturated heterocycles. The predicted octanol–water partition coefficient (Wildman–Crippen LogP) is 0.266. The fourth-order valence-corrected chi connectivity index (χ4v) is 0.143. The Morgan fingerprint density at radius 1 is 1.71 bits per heavy atom.